The average Bonchev–Trinajstić information content (AvgIpc) is 3.54. The molecule has 5 rings (SSSR count). The number of nitrogens with zero attached hydrogens (tertiary/aromatic N) is 4. The SMILES string of the molecule is COc1ccc(Cl)cc1NC(=O)Cn1nc(C2CC2)c2cnn(-c3ccccc3)c2c1=O. The number of para-hydroxylation sites is 1. The van der Waals surface area contributed by atoms with E-state index in [1.807, 2.05) is 30.3 Å². The van der Waals surface area contributed by atoms with Crippen molar-refractivity contribution in [3.05, 3.63) is 75.8 Å². The third-order valence-electron chi connectivity index (χ3n) is 5.40. The molecule has 4 aromatic rings. The van der Waals surface area contributed by atoms with Gasteiger partial charge in [-0.3, -0.25) is 9.59 Å². The molecule has 0 atom stereocenters. The molecule has 2 aromatic carbocycles. The highest BCUT2D eigenvalue weighted by molar-refractivity contribution is 6.31. The first kappa shape index (κ1) is 20.3. The van der Waals surface area contributed by atoms with Gasteiger partial charge in [-0.2, -0.15) is 10.2 Å². The summed E-state index contributed by atoms with van der Waals surface area (Å²) in [5.74, 6) is 0.334. The van der Waals surface area contributed by atoms with E-state index in [1.54, 1.807) is 29.1 Å². The molecule has 1 aliphatic rings. The molecule has 8 nitrogen and oxygen atoms in total. The van der Waals surface area contributed by atoms with Crippen molar-refractivity contribution in [2.75, 3.05) is 12.4 Å². The molecule has 9 heteroatoms. The third kappa shape index (κ3) is 3.73. The third-order valence-corrected chi connectivity index (χ3v) is 5.64. The fourth-order valence-electron chi connectivity index (χ4n) is 3.73. The number of carbonyl (C=O) groups is 1. The number of carbonyl (C=O) groups excluding carboxylic acids is 1. The number of aromatic nitrogens is 4. The fraction of sp³-hybridized carbons (Fsp3) is 0.217. The van der Waals surface area contributed by atoms with E-state index in [4.69, 9.17) is 16.3 Å². The second-order valence-corrected chi connectivity index (χ2v) is 8.11. The number of halogens is 1. The first-order chi connectivity index (χ1) is 15.5. The Morgan fingerprint density at radius 3 is 2.72 bits per heavy atom. The van der Waals surface area contributed by atoms with Gasteiger partial charge in [-0.25, -0.2) is 9.36 Å². The van der Waals surface area contributed by atoms with Gasteiger partial charge in [-0.15, -0.1) is 0 Å². The summed E-state index contributed by atoms with van der Waals surface area (Å²) in [5.41, 5.74) is 2.04. The second kappa shape index (κ2) is 8.12. The summed E-state index contributed by atoms with van der Waals surface area (Å²) in [5, 5.41) is 12.9. The minimum absolute atomic E-state index is 0.246. The Balaban J connectivity index is 1.54. The van der Waals surface area contributed by atoms with Crippen molar-refractivity contribution in [1.29, 1.82) is 0 Å². The zero-order chi connectivity index (χ0) is 22.2. The van der Waals surface area contributed by atoms with Crippen LogP contribution in [0.5, 0.6) is 5.75 Å². The summed E-state index contributed by atoms with van der Waals surface area (Å²) in [6, 6.07) is 14.4. The maximum Gasteiger partial charge on any atom is 0.293 e. The first-order valence-electron chi connectivity index (χ1n) is 10.2. The van der Waals surface area contributed by atoms with Gasteiger partial charge in [0.15, 0.2) is 0 Å². The van der Waals surface area contributed by atoms with E-state index >= 15 is 0 Å². The molecule has 0 unspecified atom stereocenters. The number of fused-ring (bicyclic) bond motifs is 1. The lowest BCUT2D eigenvalue weighted by Crippen LogP contribution is -2.31. The topological polar surface area (TPSA) is 91.0 Å². The molecule has 1 aliphatic carbocycles. The number of methoxy groups -OCH3 is 1. The molecule has 0 saturated heterocycles. The minimum atomic E-state index is -0.410. The van der Waals surface area contributed by atoms with Gasteiger partial charge in [0.1, 0.15) is 17.8 Å². The molecule has 1 saturated carbocycles. The maximum absolute atomic E-state index is 13.4. The predicted molar refractivity (Wildman–Crippen MR) is 122 cm³/mol. The zero-order valence-corrected chi connectivity index (χ0v) is 18.0. The Bertz CT molecular complexity index is 1380. The van der Waals surface area contributed by atoms with Crippen LogP contribution in [0.4, 0.5) is 5.69 Å². The lowest BCUT2D eigenvalue weighted by Gasteiger charge is -2.12. The summed E-state index contributed by atoms with van der Waals surface area (Å²) in [7, 11) is 1.51. The first-order valence-corrected chi connectivity index (χ1v) is 10.6. The molecule has 1 fully saturated rings. The Hall–Kier alpha value is -3.65. The summed E-state index contributed by atoms with van der Waals surface area (Å²) in [4.78, 5) is 26.2. The molecular weight excluding hydrogens is 430 g/mol. The van der Waals surface area contributed by atoms with Gasteiger partial charge >= 0.3 is 0 Å². The summed E-state index contributed by atoms with van der Waals surface area (Å²) >= 11 is 6.05. The molecule has 162 valence electrons. The smallest absolute Gasteiger partial charge is 0.293 e. The number of benzene rings is 2. The summed E-state index contributed by atoms with van der Waals surface area (Å²) in [6.07, 6.45) is 3.69. The predicted octanol–water partition coefficient (Wildman–Crippen LogP) is 3.76. The zero-order valence-electron chi connectivity index (χ0n) is 17.3. The van der Waals surface area contributed by atoms with Crippen molar-refractivity contribution < 1.29 is 9.53 Å². The van der Waals surface area contributed by atoms with Gasteiger partial charge < -0.3 is 10.1 Å². The van der Waals surface area contributed by atoms with E-state index in [0.29, 0.717) is 22.0 Å². The van der Waals surface area contributed by atoms with E-state index in [0.717, 1.165) is 29.6 Å². The lowest BCUT2D eigenvalue weighted by atomic mass is 10.2. The molecule has 0 bridgehead atoms. The molecule has 2 heterocycles. The van der Waals surface area contributed by atoms with Crippen LogP contribution in [-0.4, -0.2) is 32.6 Å². The van der Waals surface area contributed by atoms with Gasteiger partial charge in [0.2, 0.25) is 5.91 Å². The van der Waals surface area contributed by atoms with E-state index in [2.05, 4.69) is 15.5 Å². The van der Waals surface area contributed by atoms with Crippen LogP contribution in [0.15, 0.2) is 59.5 Å². The Kier molecular flexibility index (Phi) is 5.14. The van der Waals surface area contributed by atoms with Crippen LogP contribution in [0.1, 0.15) is 24.5 Å². The molecule has 0 radical (unpaired) electrons. The van der Waals surface area contributed by atoms with Crippen molar-refractivity contribution in [2.24, 2.45) is 0 Å². The van der Waals surface area contributed by atoms with Gasteiger partial charge in [-0.1, -0.05) is 29.8 Å². The van der Waals surface area contributed by atoms with Crippen LogP contribution in [0.25, 0.3) is 16.6 Å². The van der Waals surface area contributed by atoms with Gasteiger partial charge in [-0.05, 0) is 43.2 Å². The second-order valence-electron chi connectivity index (χ2n) is 7.67. The highest BCUT2D eigenvalue weighted by Crippen LogP contribution is 2.41. The van der Waals surface area contributed by atoms with Crippen LogP contribution in [0, 0.1) is 0 Å². The van der Waals surface area contributed by atoms with E-state index < -0.39 is 5.91 Å². The lowest BCUT2D eigenvalue weighted by molar-refractivity contribution is -0.117. The van der Waals surface area contributed by atoms with Crippen LogP contribution >= 0.6 is 11.6 Å². The largest absolute Gasteiger partial charge is 0.495 e. The number of ether oxygens (including phenoxy) is 1. The van der Waals surface area contributed by atoms with Crippen LogP contribution < -0.4 is 15.6 Å². The van der Waals surface area contributed by atoms with Crippen LogP contribution in [0.2, 0.25) is 5.02 Å². The Morgan fingerprint density at radius 1 is 1.22 bits per heavy atom. The van der Waals surface area contributed by atoms with E-state index in [-0.39, 0.29) is 18.0 Å². The van der Waals surface area contributed by atoms with Crippen LogP contribution in [0.3, 0.4) is 0 Å². The Morgan fingerprint density at radius 2 is 2.00 bits per heavy atom. The van der Waals surface area contributed by atoms with Crippen molar-refractivity contribution in [2.45, 2.75) is 25.3 Å². The van der Waals surface area contributed by atoms with Crippen LogP contribution in [-0.2, 0) is 11.3 Å². The van der Waals surface area contributed by atoms with Gasteiger partial charge in [0.25, 0.3) is 5.56 Å². The molecule has 0 spiro atoms. The maximum atomic E-state index is 13.4. The fourth-order valence-corrected chi connectivity index (χ4v) is 3.90. The van der Waals surface area contributed by atoms with E-state index in [9.17, 15) is 9.59 Å². The number of hydrogen-bond acceptors (Lipinski definition) is 5. The quantitative estimate of drug-likeness (QED) is 0.484. The van der Waals surface area contributed by atoms with Gasteiger partial charge in [0.05, 0.1) is 30.4 Å². The number of nitrogens with one attached hydrogen (secondary N) is 1. The molecule has 1 N–H and O–H groups in total. The molecular formula is C23H20ClN5O3. The Labute approximate surface area is 188 Å². The highest BCUT2D eigenvalue weighted by Gasteiger charge is 2.30. The average molecular weight is 450 g/mol. The van der Waals surface area contributed by atoms with Gasteiger partial charge in [0, 0.05) is 16.3 Å². The number of amides is 1. The van der Waals surface area contributed by atoms with Crippen molar-refractivity contribution in [3.8, 4) is 11.4 Å². The molecule has 32 heavy (non-hydrogen) atoms. The highest BCUT2D eigenvalue weighted by atomic mass is 35.5. The number of rotatable bonds is 6. The summed E-state index contributed by atoms with van der Waals surface area (Å²) in [6.45, 7) is -0.246. The van der Waals surface area contributed by atoms with Crippen molar-refractivity contribution in [3.63, 3.8) is 0 Å². The van der Waals surface area contributed by atoms with Crippen molar-refractivity contribution >= 4 is 34.1 Å². The van der Waals surface area contributed by atoms with Crippen molar-refractivity contribution in [1.82, 2.24) is 19.6 Å². The summed E-state index contributed by atoms with van der Waals surface area (Å²) < 4.78 is 8.10. The number of anilines is 1. The normalized spacial score (nSPS) is 13.3. The molecule has 0 aliphatic heterocycles. The molecule has 1 amide bonds. The standard InChI is InChI=1S/C23H20ClN5O3/c1-32-19-10-9-15(24)11-18(19)26-20(30)13-28-23(31)22-17(21(27-28)14-7-8-14)12-25-29(22)16-5-3-2-4-6-16/h2-6,9-12,14H,7-8,13H2,1H3,(H,26,30). The van der Waals surface area contributed by atoms with E-state index in [1.165, 1.54) is 11.8 Å². The molecule has 2 aromatic heterocycles. The monoisotopic (exact) mass is 449 g/mol. The number of hydrogen-bond donors (Lipinski definition) is 1. The minimum Gasteiger partial charge on any atom is -0.495 e.